The Kier molecular flexibility index (Phi) is 6.39. The lowest BCUT2D eigenvalue weighted by molar-refractivity contribution is 0.670. The highest BCUT2D eigenvalue weighted by Gasteiger charge is 2.22. The predicted octanol–water partition coefficient (Wildman–Crippen LogP) is 13.9. The highest BCUT2D eigenvalue weighted by atomic mass is 32.1. The molecule has 49 heavy (non-hydrogen) atoms. The van der Waals surface area contributed by atoms with Crippen LogP contribution in [-0.4, -0.2) is 0 Å². The molecule has 8 aromatic carbocycles. The summed E-state index contributed by atoms with van der Waals surface area (Å²) in [5.74, 6) is 0. The third kappa shape index (κ3) is 4.55. The molecule has 0 saturated carbocycles. The molecule has 10 rings (SSSR count). The number of hydrogen-bond donors (Lipinski definition) is 0. The standard InChI is InChI=1S/C46H29NOS/c1-2-13-31(14-3-1)35-27-26-34(29-40(35)38-19-10-18-37-36-16-6-8-21-42(36)48-46(37)38)47(33-25-24-30-12-4-5-15-32(30)28-33)41-20-11-23-44-45(41)39-17-7-9-22-43(39)49-44/h1-29H. The number of anilines is 3. The number of para-hydroxylation sites is 2. The van der Waals surface area contributed by atoms with Gasteiger partial charge in [0.2, 0.25) is 0 Å². The van der Waals surface area contributed by atoms with Gasteiger partial charge in [-0.3, -0.25) is 0 Å². The van der Waals surface area contributed by atoms with Crippen molar-refractivity contribution >= 4 is 81.3 Å². The fraction of sp³-hybridized carbons (Fsp3) is 0. The van der Waals surface area contributed by atoms with E-state index in [0.717, 1.165) is 55.7 Å². The maximum absolute atomic E-state index is 6.63. The summed E-state index contributed by atoms with van der Waals surface area (Å²) in [6.07, 6.45) is 0. The molecule has 0 N–H and O–H groups in total. The Morgan fingerprint density at radius 1 is 0.429 bits per heavy atom. The second kappa shape index (κ2) is 11.2. The molecule has 0 unspecified atom stereocenters. The molecule has 3 heteroatoms. The smallest absolute Gasteiger partial charge is 0.143 e. The van der Waals surface area contributed by atoms with Crippen molar-refractivity contribution in [1.82, 2.24) is 0 Å². The van der Waals surface area contributed by atoms with E-state index < -0.39 is 0 Å². The molecule has 0 saturated heterocycles. The van der Waals surface area contributed by atoms with Crippen molar-refractivity contribution in [3.8, 4) is 22.3 Å². The van der Waals surface area contributed by atoms with Crippen LogP contribution in [0.3, 0.4) is 0 Å². The van der Waals surface area contributed by atoms with Crippen LogP contribution < -0.4 is 4.90 Å². The van der Waals surface area contributed by atoms with Crippen LogP contribution in [-0.2, 0) is 0 Å². The molecule has 0 radical (unpaired) electrons. The molecule has 2 nitrogen and oxygen atoms in total. The molecular weight excluding hydrogens is 615 g/mol. The van der Waals surface area contributed by atoms with Crippen molar-refractivity contribution in [3.63, 3.8) is 0 Å². The molecule has 0 bridgehead atoms. The maximum Gasteiger partial charge on any atom is 0.143 e. The number of furan rings is 1. The van der Waals surface area contributed by atoms with Gasteiger partial charge in [-0.2, -0.15) is 0 Å². The summed E-state index contributed by atoms with van der Waals surface area (Å²) in [6.45, 7) is 0. The minimum absolute atomic E-state index is 0.899. The quantitative estimate of drug-likeness (QED) is 0.186. The van der Waals surface area contributed by atoms with Gasteiger partial charge in [-0.1, -0.05) is 127 Å². The average Bonchev–Trinajstić information content (AvgIpc) is 3.74. The summed E-state index contributed by atoms with van der Waals surface area (Å²) >= 11 is 1.85. The minimum Gasteiger partial charge on any atom is -0.455 e. The molecule has 0 aliphatic carbocycles. The van der Waals surface area contributed by atoms with E-state index in [1.807, 2.05) is 17.4 Å². The Bertz CT molecular complexity index is 2840. The van der Waals surface area contributed by atoms with Crippen LogP contribution in [0.2, 0.25) is 0 Å². The summed E-state index contributed by atoms with van der Waals surface area (Å²) in [7, 11) is 0. The van der Waals surface area contributed by atoms with Crippen LogP contribution >= 0.6 is 11.3 Å². The first kappa shape index (κ1) is 27.9. The predicted molar refractivity (Wildman–Crippen MR) is 210 cm³/mol. The summed E-state index contributed by atoms with van der Waals surface area (Å²) in [5.41, 5.74) is 9.69. The van der Waals surface area contributed by atoms with Gasteiger partial charge in [-0.25, -0.2) is 0 Å². The van der Waals surface area contributed by atoms with E-state index in [4.69, 9.17) is 4.42 Å². The zero-order chi connectivity index (χ0) is 32.3. The summed E-state index contributed by atoms with van der Waals surface area (Å²) < 4.78 is 9.20. The van der Waals surface area contributed by atoms with Crippen molar-refractivity contribution in [2.75, 3.05) is 4.90 Å². The molecule has 2 aromatic heterocycles. The first-order valence-electron chi connectivity index (χ1n) is 16.6. The zero-order valence-corrected chi connectivity index (χ0v) is 27.3. The number of benzene rings is 8. The van der Waals surface area contributed by atoms with E-state index in [2.05, 4.69) is 175 Å². The first-order chi connectivity index (χ1) is 24.3. The van der Waals surface area contributed by atoms with Gasteiger partial charge < -0.3 is 9.32 Å². The molecule has 230 valence electrons. The molecule has 0 amide bonds. The maximum atomic E-state index is 6.63. The largest absolute Gasteiger partial charge is 0.455 e. The van der Waals surface area contributed by atoms with Gasteiger partial charge in [0.1, 0.15) is 11.2 Å². The SMILES string of the molecule is c1ccc(-c2ccc(N(c3ccc4ccccc4c3)c3cccc4sc5ccccc5c34)cc2-c2cccc3c2oc2ccccc23)cc1. The molecule has 0 spiro atoms. The van der Waals surface area contributed by atoms with Crippen LogP contribution in [0.15, 0.2) is 180 Å². The number of rotatable bonds is 5. The normalized spacial score (nSPS) is 11.7. The van der Waals surface area contributed by atoms with Gasteiger partial charge in [0.15, 0.2) is 0 Å². The van der Waals surface area contributed by atoms with Crippen molar-refractivity contribution in [1.29, 1.82) is 0 Å². The Morgan fingerprint density at radius 2 is 1.12 bits per heavy atom. The number of hydrogen-bond acceptors (Lipinski definition) is 3. The van der Waals surface area contributed by atoms with E-state index in [-0.39, 0.29) is 0 Å². The van der Waals surface area contributed by atoms with E-state index >= 15 is 0 Å². The fourth-order valence-electron chi connectivity index (χ4n) is 7.41. The first-order valence-corrected chi connectivity index (χ1v) is 17.4. The second-order valence-corrected chi connectivity index (χ2v) is 13.6. The lowest BCUT2D eigenvalue weighted by Crippen LogP contribution is -2.10. The molecule has 10 aromatic rings. The van der Waals surface area contributed by atoms with E-state index in [1.54, 1.807) is 0 Å². The van der Waals surface area contributed by atoms with Crippen molar-refractivity contribution in [2.45, 2.75) is 0 Å². The molecule has 0 aliphatic rings. The zero-order valence-electron chi connectivity index (χ0n) is 26.5. The highest BCUT2D eigenvalue weighted by molar-refractivity contribution is 7.26. The van der Waals surface area contributed by atoms with E-state index in [0.29, 0.717) is 0 Å². The van der Waals surface area contributed by atoms with Crippen LogP contribution in [0.25, 0.3) is 75.1 Å². The van der Waals surface area contributed by atoms with Crippen molar-refractivity contribution in [2.24, 2.45) is 0 Å². The van der Waals surface area contributed by atoms with Crippen LogP contribution in [0, 0.1) is 0 Å². The Morgan fingerprint density at radius 3 is 2.04 bits per heavy atom. The lowest BCUT2D eigenvalue weighted by Gasteiger charge is -2.28. The third-order valence-electron chi connectivity index (χ3n) is 9.65. The topological polar surface area (TPSA) is 16.4 Å². The Hall–Kier alpha value is -6.16. The highest BCUT2D eigenvalue weighted by Crippen LogP contribution is 2.48. The van der Waals surface area contributed by atoms with Gasteiger partial charge in [0.05, 0.1) is 5.69 Å². The monoisotopic (exact) mass is 643 g/mol. The fourth-order valence-corrected chi connectivity index (χ4v) is 8.53. The number of nitrogens with zero attached hydrogens (tertiary/aromatic N) is 1. The summed E-state index contributed by atoms with van der Waals surface area (Å²) in [5, 5.41) is 7.23. The molecular formula is C46H29NOS. The molecule has 0 aliphatic heterocycles. The summed E-state index contributed by atoms with van der Waals surface area (Å²) in [4.78, 5) is 2.44. The Labute approximate surface area is 287 Å². The van der Waals surface area contributed by atoms with Crippen LogP contribution in [0.4, 0.5) is 17.1 Å². The molecule has 0 atom stereocenters. The van der Waals surface area contributed by atoms with Gasteiger partial charge in [0.25, 0.3) is 0 Å². The molecule has 2 heterocycles. The second-order valence-electron chi connectivity index (χ2n) is 12.5. The van der Waals surface area contributed by atoms with Gasteiger partial charge in [-0.05, 0) is 76.0 Å². The van der Waals surface area contributed by atoms with Crippen LogP contribution in [0.1, 0.15) is 0 Å². The number of thiophene rings is 1. The third-order valence-corrected chi connectivity index (χ3v) is 10.8. The lowest BCUT2D eigenvalue weighted by atomic mass is 9.92. The molecule has 0 fully saturated rings. The van der Waals surface area contributed by atoms with Crippen LogP contribution in [0.5, 0.6) is 0 Å². The van der Waals surface area contributed by atoms with Gasteiger partial charge >= 0.3 is 0 Å². The van der Waals surface area contributed by atoms with Crippen molar-refractivity contribution in [3.05, 3.63) is 176 Å². The average molecular weight is 644 g/mol. The van der Waals surface area contributed by atoms with E-state index in [9.17, 15) is 0 Å². The van der Waals surface area contributed by atoms with Crippen molar-refractivity contribution < 1.29 is 4.42 Å². The van der Waals surface area contributed by atoms with Gasteiger partial charge in [0, 0.05) is 47.9 Å². The van der Waals surface area contributed by atoms with E-state index in [1.165, 1.54) is 36.5 Å². The van der Waals surface area contributed by atoms with Gasteiger partial charge in [-0.15, -0.1) is 11.3 Å². The Balaban J connectivity index is 1.28. The minimum atomic E-state index is 0.899. The summed E-state index contributed by atoms with van der Waals surface area (Å²) in [6, 6.07) is 63.3. The number of fused-ring (bicyclic) bond motifs is 7.